The molecule has 2 rings (SSSR count). The van der Waals surface area contributed by atoms with E-state index in [1.54, 1.807) is 0 Å². The first-order valence-corrected chi connectivity index (χ1v) is 6.67. The molecule has 0 amide bonds. The van der Waals surface area contributed by atoms with E-state index in [1.165, 1.54) is 5.56 Å². The Bertz CT molecular complexity index is 479. The van der Waals surface area contributed by atoms with Crippen molar-refractivity contribution in [3.05, 3.63) is 59.9 Å². The second-order valence-corrected chi connectivity index (χ2v) is 4.90. The van der Waals surface area contributed by atoms with Crippen molar-refractivity contribution in [2.45, 2.75) is 19.4 Å². The van der Waals surface area contributed by atoms with E-state index in [0.29, 0.717) is 0 Å². The summed E-state index contributed by atoms with van der Waals surface area (Å²) in [4.78, 5) is 6.64. The van der Waals surface area contributed by atoms with Gasteiger partial charge < -0.3 is 10.6 Å². The van der Waals surface area contributed by atoms with Crippen molar-refractivity contribution in [3.63, 3.8) is 0 Å². The molecule has 0 fully saturated rings. The highest BCUT2D eigenvalue weighted by atomic mass is 15.1. The van der Waals surface area contributed by atoms with Gasteiger partial charge in [-0.25, -0.2) is 0 Å². The van der Waals surface area contributed by atoms with Gasteiger partial charge >= 0.3 is 0 Å². The number of nitrogen functional groups attached to an aromatic ring is 1. The third kappa shape index (κ3) is 4.72. The summed E-state index contributed by atoms with van der Waals surface area (Å²) in [6.45, 7) is 1.98. The van der Waals surface area contributed by atoms with Crippen LogP contribution in [0.3, 0.4) is 0 Å². The normalized spacial score (nSPS) is 10.8. The predicted molar refractivity (Wildman–Crippen MR) is 79.7 cm³/mol. The quantitative estimate of drug-likeness (QED) is 0.807. The fraction of sp³-hybridized carbons (Fsp3) is 0.312. The lowest BCUT2D eigenvalue weighted by Crippen LogP contribution is -2.20. The molecule has 19 heavy (non-hydrogen) atoms. The molecular formula is C16H21N3. The Morgan fingerprint density at radius 1 is 1.11 bits per heavy atom. The number of benzene rings is 1. The molecule has 0 aliphatic carbocycles. The van der Waals surface area contributed by atoms with Crippen molar-refractivity contribution in [1.82, 2.24) is 9.88 Å². The summed E-state index contributed by atoms with van der Waals surface area (Å²) in [6.07, 6.45) is 4.08. The Morgan fingerprint density at radius 3 is 2.58 bits per heavy atom. The first kappa shape index (κ1) is 13.6. The standard InChI is InChI=1S/C16H21N3/c1-19(13-16-6-2-3-11-18-16)12-4-5-14-7-9-15(17)10-8-14/h2-3,6-11H,4-5,12-13,17H2,1H3. The summed E-state index contributed by atoms with van der Waals surface area (Å²) in [5, 5.41) is 0. The Kier molecular flexibility index (Phi) is 4.93. The number of hydrogen-bond donors (Lipinski definition) is 1. The van der Waals surface area contributed by atoms with Gasteiger partial charge in [0.2, 0.25) is 0 Å². The molecule has 3 nitrogen and oxygen atoms in total. The lowest BCUT2D eigenvalue weighted by atomic mass is 10.1. The van der Waals surface area contributed by atoms with Crippen molar-refractivity contribution in [1.29, 1.82) is 0 Å². The van der Waals surface area contributed by atoms with E-state index in [-0.39, 0.29) is 0 Å². The maximum atomic E-state index is 5.67. The summed E-state index contributed by atoms with van der Waals surface area (Å²) < 4.78 is 0. The average molecular weight is 255 g/mol. The summed E-state index contributed by atoms with van der Waals surface area (Å²) >= 11 is 0. The molecule has 0 spiro atoms. The number of anilines is 1. The van der Waals surface area contributed by atoms with Crippen molar-refractivity contribution in [2.24, 2.45) is 0 Å². The van der Waals surface area contributed by atoms with Crippen molar-refractivity contribution in [2.75, 3.05) is 19.3 Å². The lowest BCUT2D eigenvalue weighted by molar-refractivity contribution is 0.318. The van der Waals surface area contributed by atoms with E-state index in [1.807, 2.05) is 30.5 Å². The second-order valence-electron chi connectivity index (χ2n) is 4.90. The molecule has 0 unspecified atom stereocenters. The van der Waals surface area contributed by atoms with Crippen LogP contribution in [0.2, 0.25) is 0 Å². The fourth-order valence-electron chi connectivity index (χ4n) is 2.08. The molecule has 1 aromatic carbocycles. The third-order valence-electron chi connectivity index (χ3n) is 3.14. The van der Waals surface area contributed by atoms with Crippen molar-refractivity contribution >= 4 is 5.69 Å². The molecule has 0 aliphatic rings. The van der Waals surface area contributed by atoms with Gasteiger partial charge in [-0.1, -0.05) is 18.2 Å². The molecule has 0 saturated carbocycles. The third-order valence-corrected chi connectivity index (χ3v) is 3.14. The zero-order valence-electron chi connectivity index (χ0n) is 11.4. The molecule has 0 atom stereocenters. The second kappa shape index (κ2) is 6.90. The van der Waals surface area contributed by atoms with Crippen molar-refractivity contribution < 1.29 is 0 Å². The zero-order chi connectivity index (χ0) is 13.5. The Hall–Kier alpha value is -1.87. The van der Waals surface area contributed by atoms with Crippen LogP contribution in [0.15, 0.2) is 48.7 Å². The molecular weight excluding hydrogens is 234 g/mol. The highest BCUT2D eigenvalue weighted by Gasteiger charge is 2.01. The number of nitrogens with zero attached hydrogens (tertiary/aromatic N) is 2. The van der Waals surface area contributed by atoms with Gasteiger partial charge in [-0.3, -0.25) is 4.98 Å². The highest BCUT2D eigenvalue weighted by molar-refractivity contribution is 5.39. The average Bonchev–Trinajstić information content (AvgIpc) is 2.42. The molecule has 1 aromatic heterocycles. The van der Waals surface area contributed by atoms with Crippen LogP contribution >= 0.6 is 0 Å². The van der Waals surface area contributed by atoms with Gasteiger partial charge in [-0.15, -0.1) is 0 Å². The first-order chi connectivity index (χ1) is 9.24. The topological polar surface area (TPSA) is 42.1 Å². The van der Waals surface area contributed by atoms with E-state index in [2.05, 4.69) is 35.1 Å². The van der Waals surface area contributed by atoms with E-state index in [9.17, 15) is 0 Å². The van der Waals surface area contributed by atoms with Crippen LogP contribution in [-0.4, -0.2) is 23.5 Å². The van der Waals surface area contributed by atoms with Gasteiger partial charge in [0, 0.05) is 18.4 Å². The first-order valence-electron chi connectivity index (χ1n) is 6.67. The minimum absolute atomic E-state index is 0.830. The largest absolute Gasteiger partial charge is 0.399 e. The maximum absolute atomic E-state index is 5.67. The molecule has 0 saturated heterocycles. The molecule has 1 heterocycles. The summed E-state index contributed by atoms with van der Waals surface area (Å²) in [6, 6.07) is 14.2. The Labute approximate surface area is 115 Å². The van der Waals surface area contributed by atoms with Crippen LogP contribution in [0.25, 0.3) is 0 Å². The van der Waals surface area contributed by atoms with Crippen LogP contribution in [0.4, 0.5) is 5.69 Å². The smallest absolute Gasteiger partial charge is 0.0543 e. The van der Waals surface area contributed by atoms with Crippen LogP contribution in [0.1, 0.15) is 17.7 Å². The van der Waals surface area contributed by atoms with Crippen LogP contribution < -0.4 is 5.73 Å². The van der Waals surface area contributed by atoms with Gasteiger partial charge in [0.05, 0.1) is 5.69 Å². The van der Waals surface area contributed by atoms with E-state index in [0.717, 1.165) is 37.3 Å². The maximum Gasteiger partial charge on any atom is 0.0543 e. The molecule has 2 N–H and O–H groups in total. The van der Waals surface area contributed by atoms with Gasteiger partial charge in [-0.2, -0.15) is 0 Å². The number of hydrogen-bond acceptors (Lipinski definition) is 3. The van der Waals surface area contributed by atoms with Crippen LogP contribution in [0, 0.1) is 0 Å². The fourth-order valence-corrected chi connectivity index (χ4v) is 2.08. The molecule has 2 aromatic rings. The van der Waals surface area contributed by atoms with E-state index in [4.69, 9.17) is 5.73 Å². The minimum atomic E-state index is 0.830. The van der Waals surface area contributed by atoms with Gasteiger partial charge in [0.25, 0.3) is 0 Å². The van der Waals surface area contributed by atoms with E-state index >= 15 is 0 Å². The molecule has 0 aliphatic heterocycles. The Balaban J connectivity index is 1.72. The Morgan fingerprint density at radius 2 is 1.89 bits per heavy atom. The predicted octanol–water partition coefficient (Wildman–Crippen LogP) is 2.73. The number of pyridine rings is 1. The monoisotopic (exact) mass is 255 g/mol. The van der Waals surface area contributed by atoms with Crippen LogP contribution in [-0.2, 0) is 13.0 Å². The zero-order valence-corrected chi connectivity index (χ0v) is 11.4. The molecule has 3 heteroatoms. The molecule has 0 bridgehead atoms. The highest BCUT2D eigenvalue weighted by Crippen LogP contribution is 2.08. The van der Waals surface area contributed by atoms with E-state index < -0.39 is 0 Å². The molecule has 100 valence electrons. The SMILES string of the molecule is CN(CCCc1ccc(N)cc1)Cc1ccccn1. The molecule has 0 radical (unpaired) electrons. The van der Waals surface area contributed by atoms with Crippen molar-refractivity contribution in [3.8, 4) is 0 Å². The summed E-state index contributed by atoms with van der Waals surface area (Å²) in [5.41, 5.74) is 8.97. The number of aromatic nitrogens is 1. The van der Waals surface area contributed by atoms with Gasteiger partial charge in [-0.05, 0) is 56.3 Å². The van der Waals surface area contributed by atoms with Crippen LogP contribution in [0.5, 0.6) is 0 Å². The number of rotatable bonds is 6. The van der Waals surface area contributed by atoms with Gasteiger partial charge in [0.15, 0.2) is 0 Å². The summed E-state index contributed by atoms with van der Waals surface area (Å²) in [5.74, 6) is 0. The lowest BCUT2D eigenvalue weighted by Gasteiger charge is -2.15. The summed E-state index contributed by atoms with van der Waals surface area (Å²) in [7, 11) is 2.14. The number of nitrogens with two attached hydrogens (primary N) is 1. The van der Waals surface area contributed by atoms with Gasteiger partial charge in [0.1, 0.15) is 0 Å². The minimum Gasteiger partial charge on any atom is -0.399 e. The number of aryl methyl sites for hydroxylation is 1.